The number of likely N-dealkylation sites (N-methyl/N-ethyl adjacent to an activating group) is 1. The van der Waals surface area contributed by atoms with E-state index >= 15 is 0 Å². The van der Waals surface area contributed by atoms with Gasteiger partial charge in [-0.25, -0.2) is 0 Å². The van der Waals surface area contributed by atoms with Crippen LogP contribution in [0.2, 0.25) is 0 Å². The quantitative estimate of drug-likeness (QED) is 0.718. The zero-order valence-corrected chi connectivity index (χ0v) is 19.1. The van der Waals surface area contributed by atoms with Crippen LogP contribution in [0.3, 0.4) is 0 Å². The molecule has 0 bridgehead atoms. The van der Waals surface area contributed by atoms with Gasteiger partial charge in [-0.2, -0.15) is 0 Å². The predicted octanol–water partition coefficient (Wildman–Crippen LogP) is 2.07. The molecule has 0 N–H and O–H groups in total. The van der Waals surface area contributed by atoms with Gasteiger partial charge < -0.3 is 14.5 Å². The molecule has 7 heteroatoms. The van der Waals surface area contributed by atoms with Gasteiger partial charge in [-0.15, -0.1) is 0 Å². The fraction of sp³-hybridized carbons (Fsp3) is 0.480. The summed E-state index contributed by atoms with van der Waals surface area (Å²) >= 11 is 0. The summed E-state index contributed by atoms with van der Waals surface area (Å²) in [6.07, 6.45) is 4.32. The molecule has 0 spiro atoms. The molecule has 4 rings (SSSR count). The molecule has 2 aliphatic rings. The van der Waals surface area contributed by atoms with Crippen LogP contribution in [-0.2, 0) is 20.7 Å². The molecule has 1 aromatic carbocycles. The van der Waals surface area contributed by atoms with Crippen LogP contribution in [-0.4, -0.2) is 89.5 Å². The maximum Gasteiger partial charge on any atom is 0.245 e. The van der Waals surface area contributed by atoms with E-state index in [4.69, 9.17) is 4.74 Å². The lowest BCUT2D eigenvalue weighted by atomic mass is 9.98. The summed E-state index contributed by atoms with van der Waals surface area (Å²) in [6, 6.07) is 11.6. The predicted molar refractivity (Wildman–Crippen MR) is 123 cm³/mol. The molecule has 3 heterocycles. The summed E-state index contributed by atoms with van der Waals surface area (Å²) in [5.41, 5.74) is 3.17. The topological polar surface area (TPSA) is 66.0 Å². The Labute approximate surface area is 190 Å². The Balaban J connectivity index is 1.47. The van der Waals surface area contributed by atoms with Crippen LogP contribution in [0.15, 0.2) is 48.8 Å². The Bertz CT molecular complexity index is 924. The second-order valence-corrected chi connectivity index (χ2v) is 8.96. The number of hydrogen-bond donors (Lipinski definition) is 0. The smallest absolute Gasteiger partial charge is 0.245 e. The van der Waals surface area contributed by atoms with Crippen molar-refractivity contribution in [3.63, 3.8) is 0 Å². The number of hydrogen-bond acceptors (Lipinski definition) is 5. The monoisotopic (exact) mass is 436 g/mol. The van der Waals surface area contributed by atoms with Crippen molar-refractivity contribution in [2.45, 2.75) is 38.5 Å². The maximum atomic E-state index is 13.2. The lowest BCUT2D eigenvalue weighted by molar-refractivity contribution is -0.152. The number of piperazine rings is 1. The van der Waals surface area contributed by atoms with Crippen LogP contribution in [0.5, 0.6) is 0 Å². The number of nitrogens with zero attached hydrogens (tertiary/aromatic N) is 4. The summed E-state index contributed by atoms with van der Waals surface area (Å²) in [5.74, 6) is 0.0226. The standard InChI is InChI=1S/C25H32N4O3/c1-18-15-28(16-19(2)32-18)17-24(30)29-12-11-27(3)25(31)23(29)13-20-6-8-21(9-7-20)22-5-4-10-26-14-22/h4-10,14,18-19,23H,11-13,15-17H2,1-3H3/t18-,19-,23+/m1/s1. The number of amides is 2. The average molecular weight is 437 g/mol. The molecule has 32 heavy (non-hydrogen) atoms. The minimum absolute atomic E-state index is 0.00431. The van der Waals surface area contributed by atoms with E-state index < -0.39 is 6.04 Å². The highest BCUT2D eigenvalue weighted by atomic mass is 16.5. The number of morpholine rings is 1. The van der Waals surface area contributed by atoms with E-state index in [-0.39, 0.29) is 24.0 Å². The molecule has 2 aromatic rings. The first-order valence-corrected chi connectivity index (χ1v) is 11.3. The largest absolute Gasteiger partial charge is 0.373 e. The number of rotatable bonds is 5. The second-order valence-electron chi connectivity index (χ2n) is 8.96. The fourth-order valence-corrected chi connectivity index (χ4v) is 4.69. The van der Waals surface area contributed by atoms with Crippen molar-refractivity contribution in [3.8, 4) is 11.1 Å². The Hall–Kier alpha value is -2.77. The van der Waals surface area contributed by atoms with Gasteiger partial charge in [0.1, 0.15) is 6.04 Å². The minimum atomic E-state index is -0.471. The van der Waals surface area contributed by atoms with Crippen molar-refractivity contribution in [2.75, 3.05) is 39.8 Å². The molecule has 0 saturated carbocycles. The van der Waals surface area contributed by atoms with Crippen molar-refractivity contribution < 1.29 is 14.3 Å². The molecule has 2 amide bonds. The van der Waals surface area contributed by atoms with Crippen LogP contribution in [0.1, 0.15) is 19.4 Å². The van der Waals surface area contributed by atoms with Gasteiger partial charge in [0.2, 0.25) is 11.8 Å². The highest BCUT2D eigenvalue weighted by molar-refractivity contribution is 5.89. The first-order valence-electron chi connectivity index (χ1n) is 11.3. The molecule has 170 valence electrons. The Morgan fingerprint density at radius 3 is 2.44 bits per heavy atom. The molecular formula is C25H32N4O3. The molecule has 3 atom stereocenters. The summed E-state index contributed by atoms with van der Waals surface area (Å²) in [7, 11) is 1.81. The summed E-state index contributed by atoms with van der Waals surface area (Å²) in [4.78, 5) is 36.1. The van der Waals surface area contributed by atoms with Crippen LogP contribution in [0, 0.1) is 0 Å². The summed E-state index contributed by atoms with van der Waals surface area (Å²) in [5, 5.41) is 0. The van der Waals surface area contributed by atoms with E-state index in [2.05, 4.69) is 9.88 Å². The number of aromatic nitrogens is 1. The maximum absolute atomic E-state index is 13.2. The number of pyridine rings is 1. The molecule has 0 radical (unpaired) electrons. The molecule has 2 aliphatic heterocycles. The van der Waals surface area contributed by atoms with Gasteiger partial charge in [0.05, 0.1) is 18.8 Å². The van der Waals surface area contributed by atoms with Gasteiger partial charge in [0, 0.05) is 52.0 Å². The lowest BCUT2D eigenvalue weighted by Gasteiger charge is -2.41. The SMILES string of the molecule is C[C@@H]1CN(CC(=O)N2CCN(C)C(=O)[C@@H]2Cc2ccc(-c3cccnc3)cc2)C[C@@H](C)O1. The van der Waals surface area contributed by atoms with Crippen LogP contribution in [0.25, 0.3) is 11.1 Å². The Kier molecular flexibility index (Phi) is 6.86. The second kappa shape index (κ2) is 9.79. The Morgan fingerprint density at radius 1 is 1.06 bits per heavy atom. The van der Waals surface area contributed by atoms with E-state index in [0.717, 1.165) is 29.8 Å². The molecule has 0 aliphatic carbocycles. The molecule has 2 saturated heterocycles. The van der Waals surface area contributed by atoms with Gasteiger partial charge in [0.25, 0.3) is 0 Å². The van der Waals surface area contributed by atoms with Gasteiger partial charge in [-0.3, -0.25) is 19.5 Å². The normalized spacial score (nSPS) is 24.6. The van der Waals surface area contributed by atoms with E-state index in [1.54, 1.807) is 16.0 Å². The first-order chi connectivity index (χ1) is 15.4. The van der Waals surface area contributed by atoms with E-state index in [9.17, 15) is 9.59 Å². The zero-order valence-electron chi connectivity index (χ0n) is 19.1. The Morgan fingerprint density at radius 2 is 1.78 bits per heavy atom. The van der Waals surface area contributed by atoms with Gasteiger partial charge in [-0.1, -0.05) is 30.3 Å². The summed E-state index contributed by atoms with van der Waals surface area (Å²) in [6.45, 7) is 6.99. The average Bonchev–Trinajstić information content (AvgIpc) is 2.77. The van der Waals surface area contributed by atoms with Crippen molar-refractivity contribution in [1.29, 1.82) is 0 Å². The van der Waals surface area contributed by atoms with Crippen molar-refractivity contribution >= 4 is 11.8 Å². The third kappa shape index (κ3) is 5.16. The van der Waals surface area contributed by atoms with Crippen LogP contribution in [0.4, 0.5) is 0 Å². The van der Waals surface area contributed by atoms with Crippen molar-refractivity contribution in [2.24, 2.45) is 0 Å². The lowest BCUT2D eigenvalue weighted by Crippen LogP contribution is -2.60. The van der Waals surface area contributed by atoms with E-state index in [1.165, 1.54) is 0 Å². The summed E-state index contributed by atoms with van der Waals surface area (Å²) < 4.78 is 5.78. The van der Waals surface area contributed by atoms with Crippen LogP contribution < -0.4 is 0 Å². The van der Waals surface area contributed by atoms with E-state index in [0.29, 0.717) is 26.1 Å². The minimum Gasteiger partial charge on any atom is -0.373 e. The van der Waals surface area contributed by atoms with Crippen LogP contribution >= 0.6 is 0 Å². The van der Waals surface area contributed by atoms with Crippen molar-refractivity contribution in [1.82, 2.24) is 19.7 Å². The first kappa shape index (κ1) is 22.4. The number of ether oxygens (including phenoxy) is 1. The number of carbonyl (C=O) groups is 2. The van der Waals surface area contributed by atoms with Gasteiger partial charge >= 0.3 is 0 Å². The third-order valence-electron chi connectivity index (χ3n) is 6.27. The number of carbonyl (C=O) groups excluding carboxylic acids is 2. The molecule has 1 aromatic heterocycles. The molecule has 7 nitrogen and oxygen atoms in total. The molecule has 2 fully saturated rings. The van der Waals surface area contributed by atoms with Gasteiger partial charge in [0.15, 0.2) is 0 Å². The van der Waals surface area contributed by atoms with Gasteiger partial charge in [-0.05, 0) is 36.6 Å². The zero-order chi connectivity index (χ0) is 22.7. The highest BCUT2D eigenvalue weighted by Crippen LogP contribution is 2.22. The highest BCUT2D eigenvalue weighted by Gasteiger charge is 2.37. The fourth-order valence-electron chi connectivity index (χ4n) is 4.69. The van der Waals surface area contributed by atoms with Crippen molar-refractivity contribution in [3.05, 3.63) is 54.4 Å². The molecule has 0 unspecified atom stereocenters. The van der Waals surface area contributed by atoms with E-state index in [1.807, 2.05) is 63.5 Å². The molecular weight excluding hydrogens is 404 g/mol. The number of benzene rings is 1. The third-order valence-corrected chi connectivity index (χ3v) is 6.27.